The number of amides is 2. The second-order valence-corrected chi connectivity index (χ2v) is 6.98. The third-order valence-electron chi connectivity index (χ3n) is 4.91. The van der Waals surface area contributed by atoms with Gasteiger partial charge in [-0.15, -0.1) is 0 Å². The zero-order chi connectivity index (χ0) is 21.0. The van der Waals surface area contributed by atoms with Gasteiger partial charge in [0.15, 0.2) is 0 Å². The first-order valence-electron chi connectivity index (χ1n) is 9.46. The molecule has 29 heavy (non-hydrogen) atoms. The highest BCUT2D eigenvalue weighted by atomic mass is 16.5. The Bertz CT molecular complexity index is 989. The van der Waals surface area contributed by atoms with Crippen LogP contribution in [0, 0.1) is 0 Å². The maximum atomic E-state index is 12.2. The van der Waals surface area contributed by atoms with Gasteiger partial charge in [0.25, 0.3) is 0 Å². The Hall–Kier alpha value is -3.29. The SMILES string of the molecule is COc1cc2oc3c(c2cc1/C(C)=C/C(=O)NCC(=O)NCC(=O)O)CCCC3. The lowest BCUT2D eigenvalue weighted by Crippen LogP contribution is -2.38. The van der Waals surface area contributed by atoms with E-state index in [0.29, 0.717) is 11.3 Å². The van der Waals surface area contributed by atoms with Crippen LogP contribution in [0.15, 0.2) is 22.6 Å². The van der Waals surface area contributed by atoms with Crippen LogP contribution in [-0.2, 0) is 27.2 Å². The Kier molecular flexibility index (Phi) is 6.21. The van der Waals surface area contributed by atoms with Gasteiger partial charge in [0.1, 0.15) is 23.6 Å². The molecule has 0 saturated carbocycles. The number of carbonyl (C=O) groups excluding carboxylic acids is 2. The van der Waals surface area contributed by atoms with Crippen LogP contribution in [0.1, 0.15) is 36.7 Å². The van der Waals surface area contributed by atoms with Crippen molar-refractivity contribution in [3.05, 3.63) is 35.1 Å². The standard InChI is InChI=1S/C21H24N2O6/c1-12(7-19(24)22-10-20(25)23-11-21(26)27)14-8-15-13-5-3-4-6-16(13)29-18(15)9-17(14)28-2/h7-9H,3-6,10-11H2,1-2H3,(H,22,24)(H,23,25)(H,26,27)/b12-7+. The number of furan rings is 1. The summed E-state index contributed by atoms with van der Waals surface area (Å²) < 4.78 is 11.5. The summed E-state index contributed by atoms with van der Waals surface area (Å²) in [6.45, 7) is 0.997. The number of hydrogen-bond acceptors (Lipinski definition) is 5. The highest BCUT2D eigenvalue weighted by Crippen LogP contribution is 2.37. The molecule has 0 atom stereocenters. The maximum absolute atomic E-state index is 12.2. The number of carbonyl (C=O) groups is 3. The summed E-state index contributed by atoms with van der Waals surface area (Å²) in [6.07, 6.45) is 5.55. The second kappa shape index (κ2) is 8.81. The summed E-state index contributed by atoms with van der Waals surface area (Å²) >= 11 is 0. The first kappa shape index (κ1) is 20.4. The maximum Gasteiger partial charge on any atom is 0.322 e. The number of hydrogen-bond donors (Lipinski definition) is 3. The van der Waals surface area contributed by atoms with E-state index >= 15 is 0 Å². The summed E-state index contributed by atoms with van der Waals surface area (Å²) in [5.41, 5.74) is 3.46. The molecule has 8 heteroatoms. The molecule has 3 N–H and O–H groups in total. The molecule has 1 aliphatic rings. The van der Waals surface area contributed by atoms with Crippen LogP contribution in [0.2, 0.25) is 0 Å². The van der Waals surface area contributed by atoms with E-state index in [4.69, 9.17) is 14.3 Å². The molecule has 8 nitrogen and oxygen atoms in total. The fourth-order valence-corrected chi connectivity index (χ4v) is 3.50. The number of ether oxygens (including phenoxy) is 1. The predicted octanol–water partition coefficient (Wildman–Crippen LogP) is 2.04. The van der Waals surface area contributed by atoms with Crippen LogP contribution in [0.3, 0.4) is 0 Å². The summed E-state index contributed by atoms with van der Waals surface area (Å²) in [5.74, 6) is -0.550. The van der Waals surface area contributed by atoms with E-state index in [0.717, 1.165) is 48.0 Å². The Morgan fingerprint density at radius 2 is 1.93 bits per heavy atom. The topological polar surface area (TPSA) is 118 Å². The number of rotatable bonds is 7. The van der Waals surface area contributed by atoms with Crippen molar-refractivity contribution in [2.45, 2.75) is 32.6 Å². The van der Waals surface area contributed by atoms with Crippen LogP contribution >= 0.6 is 0 Å². The number of aliphatic carboxylic acids is 1. The van der Waals surface area contributed by atoms with E-state index in [2.05, 4.69) is 10.6 Å². The lowest BCUT2D eigenvalue weighted by molar-refractivity contribution is -0.137. The molecule has 1 heterocycles. The minimum atomic E-state index is -1.15. The Morgan fingerprint density at radius 3 is 2.66 bits per heavy atom. The van der Waals surface area contributed by atoms with Gasteiger partial charge in [0.05, 0.1) is 13.7 Å². The third-order valence-corrected chi connectivity index (χ3v) is 4.91. The van der Waals surface area contributed by atoms with Crippen molar-refractivity contribution >= 4 is 34.3 Å². The van der Waals surface area contributed by atoms with Crippen molar-refractivity contribution in [2.75, 3.05) is 20.2 Å². The summed E-state index contributed by atoms with van der Waals surface area (Å²) in [4.78, 5) is 34.1. The molecule has 154 valence electrons. The monoisotopic (exact) mass is 400 g/mol. The minimum Gasteiger partial charge on any atom is -0.496 e. The van der Waals surface area contributed by atoms with Crippen LogP contribution < -0.4 is 15.4 Å². The fourth-order valence-electron chi connectivity index (χ4n) is 3.50. The van der Waals surface area contributed by atoms with Crippen molar-refractivity contribution < 1.29 is 28.6 Å². The van der Waals surface area contributed by atoms with Crippen LogP contribution in [0.25, 0.3) is 16.5 Å². The van der Waals surface area contributed by atoms with Gasteiger partial charge in [-0.25, -0.2) is 0 Å². The van der Waals surface area contributed by atoms with E-state index in [-0.39, 0.29) is 6.54 Å². The minimum absolute atomic E-state index is 0.304. The number of nitrogens with one attached hydrogen (secondary N) is 2. The first-order chi connectivity index (χ1) is 13.9. The molecule has 3 rings (SSSR count). The number of benzene rings is 1. The highest BCUT2D eigenvalue weighted by molar-refractivity contribution is 5.99. The predicted molar refractivity (Wildman–Crippen MR) is 107 cm³/mol. The zero-order valence-electron chi connectivity index (χ0n) is 16.5. The van der Waals surface area contributed by atoms with Crippen LogP contribution in [-0.4, -0.2) is 43.1 Å². The lowest BCUT2D eigenvalue weighted by atomic mass is 9.94. The number of allylic oxidation sites excluding steroid dienone is 1. The van der Waals surface area contributed by atoms with Crippen molar-refractivity contribution in [1.29, 1.82) is 0 Å². The number of aryl methyl sites for hydroxylation is 2. The van der Waals surface area contributed by atoms with E-state index < -0.39 is 24.3 Å². The number of carboxylic acid groups (broad SMARTS) is 1. The van der Waals surface area contributed by atoms with E-state index in [9.17, 15) is 14.4 Å². The molecule has 1 aliphatic carbocycles. The van der Waals surface area contributed by atoms with Crippen LogP contribution in [0.4, 0.5) is 0 Å². The summed E-state index contributed by atoms with van der Waals surface area (Å²) in [7, 11) is 1.56. The number of fused-ring (bicyclic) bond motifs is 3. The van der Waals surface area contributed by atoms with Crippen molar-refractivity contribution in [2.24, 2.45) is 0 Å². The third kappa shape index (κ3) is 4.77. The van der Waals surface area contributed by atoms with E-state index in [1.165, 1.54) is 11.6 Å². The largest absolute Gasteiger partial charge is 0.496 e. The first-order valence-corrected chi connectivity index (χ1v) is 9.46. The lowest BCUT2D eigenvalue weighted by Gasteiger charge is -2.11. The highest BCUT2D eigenvalue weighted by Gasteiger charge is 2.20. The van der Waals surface area contributed by atoms with Crippen molar-refractivity contribution in [3.8, 4) is 5.75 Å². The van der Waals surface area contributed by atoms with Gasteiger partial charge in [-0.3, -0.25) is 14.4 Å². The van der Waals surface area contributed by atoms with Gasteiger partial charge >= 0.3 is 5.97 Å². The molecule has 1 aromatic heterocycles. The molecular formula is C21H24N2O6. The average Bonchev–Trinajstić information content (AvgIpc) is 3.07. The van der Waals surface area contributed by atoms with Gasteiger partial charge in [-0.1, -0.05) is 0 Å². The molecule has 2 aromatic rings. The molecule has 0 unspecified atom stereocenters. The summed E-state index contributed by atoms with van der Waals surface area (Å²) in [6, 6.07) is 3.83. The molecule has 0 fully saturated rings. The van der Waals surface area contributed by atoms with Crippen molar-refractivity contribution in [1.82, 2.24) is 10.6 Å². The van der Waals surface area contributed by atoms with Gasteiger partial charge in [-0.2, -0.15) is 0 Å². The van der Waals surface area contributed by atoms with Gasteiger partial charge in [0.2, 0.25) is 11.8 Å². The molecule has 1 aromatic carbocycles. The average molecular weight is 400 g/mol. The van der Waals surface area contributed by atoms with E-state index in [1.807, 2.05) is 12.1 Å². The second-order valence-electron chi connectivity index (χ2n) is 6.98. The molecule has 0 aliphatic heterocycles. The Labute approximate surface area is 167 Å². The normalized spacial score (nSPS) is 13.7. The molecular weight excluding hydrogens is 376 g/mol. The van der Waals surface area contributed by atoms with E-state index in [1.54, 1.807) is 14.0 Å². The van der Waals surface area contributed by atoms with Gasteiger partial charge < -0.3 is 24.9 Å². The number of carboxylic acids is 1. The Morgan fingerprint density at radius 1 is 1.17 bits per heavy atom. The van der Waals surface area contributed by atoms with Gasteiger partial charge in [-0.05, 0) is 37.8 Å². The van der Waals surface area contributed by atoms with Crippen LogP contribution in [0.5, 0.6) is 5.75 Å². The quantitative estimate of drug-likeness (QED) is 0.612. The molecule has 0 radical (unpaired) electrons. The Balaban J connectivity index is 1.78. The van der Waals surface area contributed by atoms with Gasteiger partial charge in [0, 0.05) is 35.1 Å². The fraction of sp³-hybridized carbons (Fsp3) is 0.381. The number of methoxy groups -OCH3 is 1. The smallest absolute Gasteiger partial charge is 0.322 e. The molecule has 2 amide bonds. The molecule has 0 bridgehead atoms. The molecule has 0 saturated heterocycles. The van der Waals surface area contributed by atoms with Crippen molar-refractivity contribution in [3.63, 3.8) is 0 Å². The molecule has 0 spiro atoms. The zero-order valence-corrected chi connectivity index (χ0v) is 16.5. The summed E-state index contributed by atoms with van der Waals surface area (Å²) in [5, 5.41) is 14.2.